The molecule has 1 fully saturated rings. The molecule has 5 atom stereocenters. The third kappa shape index (κ3) is 9.36. The van der Waals surface area contributed by atoms with Gasteiger partial charge in [0.15, 0.2) is 11.3 Å². The number of benzene rings is 1. The zero-order chi connectivity index (χ0) is 30.7. The number of nitrogens with zero attached hydrogens (tertiary/aromatic N) is 1. The molecule has 0 aliphatic carbocycles. The molecule has 1 unspecified atom stereocenters. The first-order chi connectivity index (χ1) is 19.3. The highest BCUT2D eigenvalue weighted by molar-refractivity contribution is 6.12. The Labute approximate surface area is 243 Å². The number of nitrogens with one attached hydrogen (secondary N) is 3. The van der Waals surface area contributed by atoms with E-state index in [4.69, 9.17) is 11.5 Å². The van der Waals surface area contributed by atoms with E-state index >= 15 is 0 Å². The van der Waals surface area contributed by atoms with E-state index in [2.05, 4.69) is 16.0 Å². The van der Waals surface area contributed by atoms with Crippen molar-refractivity contribution in [3.63, 3.8) is 0 Å². The zero-order valence-electron chi connectivity index (χ0n) is 25.1. The van der Waals surface area contributed by atoms with E-state index in [0.29, 0.717) is 38.8 Å². The van der Waals surface area contributed by atoms with E-state index in [1.54, 1.807) is 11.9 Å². The third-order valence-corrected chi connectivity index (χ3v) is 7.90. The Hall–Kier alpha value is -3.31. The highest BCUT2D eigenvalue weighted by atomic mass is 16.2. The van der Waals surface area contributed by atoms with Crippen molar-refractivity contribution in [2.24, 2.45) is 23.3 Å². The fraction of sp³-hybridized carbons (Fsp3) is 0.633. The van der Waals surface area contributed by atoms with Gasteiger partial charge in [0.25, 0.3) is 0 Å². The maximum Gasteiger partial charge on any atom is 0.248 e. The lowest BCUT2D eigenvalue weighted by atomic mass is 9.84. The molecule has 0 radical (unpaired) electrons. The van der Waals surface area contributed by atoms with Gasteiger partial charge in [-0.1, -0.05) is 64.4 Å². The summed E-state index contributed by atoms with van der Waals surface area (Å²) in [4.78, 5) is 66.8. The summed E-state index contributed by atoms with van der Waals surface area (Å²) in [6.45, 7) is 8.62. The number of primary amides is 1. The van der Waals surface area contributed by atoms with Crippen LogP contribution in [0.4, 0.5) is 0 Å². The van der Waals surface area contributed by atoms with Crippen molar-refractivity contribution in [2.45, 2.75) is 96.4 Å². The van der Waals surface area contributed by atoms with Crippen molar-refractivity contribution in [1.29, 1.82) is 0 Å². The van der Waals surface area contributed by atoms with E-state index in [9.17, 15) is 24.0 Å². The zero-order valence-corrected chi connectivity index (χ0v) is 25.1. The molecule has 1 heterocycles. The van der Waals surface area contributed by atoms with Crippen LogP contribution in [0, 0.1) is 11.8 Å². The predicted molar refractivity (Wildman–Crippen MR) is 157 cm³/mol. The van der Waals surface area contributed by atoms with Crippen molar-refractivity contribution in [2.75, 3.05) is 13.6 Å². The van der Waals surface area contributed by atoms with Gasteiger partial charge >= 0.3 is 0 Å². The topological polar surface area (TPSA) is 177 Å². The summed E-state index contributed by atoms with van der Waals surface area (Å²) in [5.74, 6) is -2.47. The van der Waals surface area contributed by atoms with Gasteiger partial charge in [0.1, 0.15) is 6.04 Å². The lowest BCUT2D eigenvalue weighted by Crippen LogP contribution is -2.64. The second-order valence-corrected chi connectivity index (χ2v) is 11.7. The molecule has 41 heavy (non-hydrogen) atoms. The molecule has 0 saturated carbocycles. The molecule has 7 N–H and O–H groups in total. The highest BCUT2D eigenvalue weighted by Crippen LogP contribution is 2.32. The van der Waals surface area contributed by atoms with E-state index in [1.807, 2.05) is 58.0 Å². The Balaban J connectivity index is 2.25. The fourth-order valence-corrected chi connectivity index (χ4v) is 5.35. The first kappa shape index (κ1) is 33.9. The molecule has 1 saturated heterocycles. The molecule has 11 nitrogen and oxygen atoms in total. The normalized spacial score (nSPS) is 20.1. The van der Waals surface area contributed by atoms with Gasteiger partial charge < -0.3 is 27.4 Å². The first-order valence-corrected chi connectivity index (χ1v) is 14.5. The maximum atomic E-state index is 14.0. The lowest BCUT2D eigenvalue weighted by Gasteiger charge is -2.36. The number of hydrogen-bond acceptors (Lipinski definition) is 7. The van der Waals surface area contributed by atoms with Crippen molar-refractivity contribution in [1.82, 2.24) is 20.9 Å². The van der Waals surface area contributed by atoms with Crippen LogP contribution in [-0.2, 0) is 30.5 Å². The minimum absolute atomic E-state index is 0.0980. The van der Waals surface area contributed by atoms with Crippen LogP contribution in [0.3, 0.4) is 0 Å². The van der Waals surface area contributed by atoms with Gasteiger partial charge in [0.05, 0.1) is 12.5 Å². The molecule has 4 amide bonds. The van der Waals surface area contributed by atoms with Crippen LogP contribution in [-0.4, -0.2) is 71.6 Å². The Bertz CT molecular complexity index is 1060. The molecule has 1 aliphatic rings. The third-order valence-electron chi connectivity index (χ3n) is 7.90. The average molecular weight is 573 g/mol. The maximum absolute atomic E-state index is 14.0. The number of nitrogens with two attached hydrogens (primary N) is 2. The van der Waals surface area contributed by atoms with E-state index < -0.39 is 41.4 Å². The minimum atomic E-state index is -1.47. The Morgan fingerprint density at radius 3 is 2.20 bits per heavy atom. The fourth-order valence-electron chi connectivity index (χ4n) is 5.35. The van der Waals surface area contributed by atoms with Crippen molar-refractivity contribution in [3.8, 4) is 0 Å². The molecule has 228 valence electrons. The summed E-state index contributed by atoms with van der Waals surface area (Å²) in [7, 11) is 1.73. The summed E-state index contributed by atoms with van der Waals surface area (Å²) in [5, 5.41) is 8.63. The molecule has 1 aromatic carbocycles. The van der Waals surface area contributed by atoms with Crippen LogP contribution in [0.25, 0.3) is 0 Å². The second kappa shape index (κ2) is 15.6. The van der Waals surface area contributed by atoms with Crippen LogP contribution in [0.15, 0.2) is 30.3 Å². The van der Waals surface area contributed by atoms with Gasteiger partial charge in [0, 0.05) is 19.0 Å². The SMILES string of the molecule is CC[C@H](C)[C@H](NC(=O)[C@]1(C(=O)CC(CC(C)C)NC(=O)[C@@H](N)CC(N)=O)CCCN1C)C(=O)NCc1ccccc1. The molecule has 11 heteroatoms. The number of amides is 4. The quantitative estimate of drug-likeness (QED) is 0.183. The summed E-state index contributed by atoms with van der Waals surface area (Å²) in [5.41, 5.74) is 10.5. The second-order valence-electron chi connectivity index (χ2n) is 11.7. The number of rotatable bonds is 16. The molecule has 0 bridgehead atoms. The van der Waals surface area contributed by atoms with Crippen molar-refractivity contribution < 1.29 is 24.0 Å². The van der Waals surface area contributed by atoms with Gasteiger partial charge in [-0.15, -0.1) is 0 Å². The van der Waals surface area contributed by atoms with Gasteiger partial charge in [-0.05, 0) is 50.3 Å². The number of hydrogen-bond donors (Lipinski definition) is 5. The average Bonchev–Trinajstić information content (AvgIpc) is 3.31. The predicted octanol–water partition coefficient (Wildman–Crippen LogP) is 0.991. The van der Waals surface area contributed by atoms with Gasteiger partial charge in [-0.25, -0.2) is 0 Å². The molecular weight excluding hydrogens is 524 g/mol. The van der Waals surface area contributed by atoms with E-state index in [1.165, 1.54) is 0 Å². The summed E-state index contributed by atoms with van der Waals surface area (Å²) in [6.07, 6.45) is 1.64. The van der Waals surface area contributed by atoms with Crippen LogP contribution in [0.2, 0.25) is 0 Å². The monoisotopic (exact) mass is 572 g/mol. The van der Waals surface area contributed by atoms with Crippen molar-refractivity contribution >= 4 is 29.4 Å². The van der Waals surface area contributed by atoms with Crippen LogP contribution < -0.4 is 27.4 Å². The molecule has 0 spiro atoms. The number of carbonyl (C=O) groups excluding carboxylic acids is 5. The molecule has 1 aromatic rings. The van der Waals surface area contributed by atoms with Crippen LogP contribution in [0.1, 0.15) is 71.8 Å². The number of Topliss-reactive ketones (excluding diaryl/α,β-unsaturated/α-hetero) is 1. The van der Waals surface area contributed by atoms with E-state index in [-0.39, 0.29) is 36.4 Å². The Morgan fingerprint density at radius 1 is 1.00 bits per heavy atom. The van der Waals surface area contributed by atoms with Gasteiger partial charge in [-0.3, -0.25) is 28.9 Å². The van der Waals surface area contributed by atoms with E-state index in [0.717, 1.165) is 5.56 Å². The lowest BCUT2D eigenvalue weighted by molar-refractivity contribution is -0.145. The standard InChI is InChI=1S/C30H48N6O5/c1-6-20(4)26(28(40)33-18-21-11-8-7-9-12-21)35-29(41)30(13-10-14-36(30)5)24(37)16-22(15-19(2)3)34-27(39)23(31)17-25(32)38/h7-9,11-12,19-20,22-23,26H,6,10,13-18,31H2,1-5H3,(H2,32,38)(H,33,40)(H,34,39)(H,35,41)/t20-,22?,23-,26-,30+/m0/s1. The largest absolute Gasteiger partial charge is 0.370 e. The smallest absolute Gasteiger partial charge is 0.248 e. The highest BCUT2D eigenvalue weighted by Gasteiger charge is 2.52. The summed E-state index contributed by atoms with van der Waals surface area (Å²) in [6, 6.07) is 6.95. The first-order valence-electron chi connectivity index (χ1n) is 14.5. The minimum Gasteiger partial charge on any atom is -0.370 e. The number of likely N-dealkylation sites (N-methyl/N-ethyl adjacent to an activating group) is 1. The van der Waals surface area contributed by atoms with Crippen LogP contribution in [0.5, 0.6) is 0 Å². The molecule has 0 aromatic heterocycles. The number of carbonyl (C=O) groups is 5. The molecule has 2 rings (SSSR count). The summed E-state index contributed by atoms with van der Waals surface area (Å²) >= 11 is 0. The number of likely N-dealkylation sites (tertiary alicyclic amines) is 1. The molecule has 1 aliphatic heterocycles. The number of ketones is 1. The van der Waals surface area contributed by atoms with Crippen LogP contribution >= 0.6 is 0 Å². The van der Waals surface area contributed by atoms with Gasteiger partial charge in [0.2, 0.25) is 23.6 Å². The summed E-state index contributed by atoms with van der Waals surface area (Å²) < 4.78 is 0. The Kier molecular flexibility index (Phi) is 12.9. The van der Waals surface area contributed by atoms with Crippen molar-refractivity contribution in [3.05, 3.63) is 35.9 Å². The van der Waals surface area contributed by atoms with Gasteiger partial charge in [-0.2, -0.15) is 0 Å². The Morgan fingerprint density at radius 2 is 1.66 bits per heavy atom. The molecular formula is C30H48N6O5.